The van der Waals surface area contributed by atoms with Crippen LogP contribution in [0.15, 0.2) is 94.8 Å². The van der Waals surface area contributed by atoms with E-state index >= 15 is 0 Å². The zero-order valence-corrected chi connectivity index (χ0v) is 19.0. The summed E-state index contributed by atoms with van der Waals surface area (Å²) in [6, 6.07) is 0. The van der Waals surface area contributed by atoms with Crippen LogP contribution in [0.2, 0.25) is 0 Å². The molecule has 0 bridgehead atoms. The molecule has 0 aliphatic carbocycles. The summed E-state index contributed by atoms with van der Waals surface area (Å²) in [5.74, 6) is 0. The molecule has 1 heterocycles. The molecule has 0 radical (unpaired) electrons. The highest BCUT2D eigenvalue weighted by Crippen LogP contribution is 2.28. The average molecular weight is 393 g/mol. The van der Waals surface area contributed by atoms with Crippen LogP contribution < -0.4 is 0 Å². The van der Waals surface area contributed by atoms with Crippen LogP contribution in [0, 0.1) is 0 Å². The molecule has 0 spiro atoms. The summed E-state index contributed by atoms with van der Waals surface area (Å²) >= 11 is 1.23. The topological polar surface area (TPSA) is 25.8 Å². The highest BCUT2D eigenvalue weighted by atomic mass is 32.1. The minimum absolute atomic E-state index is 0.909. The summed E-state index contributed by atoms with van der Waals surface area (Å²) in [4.78, 5) is 0. The highest BCUT2D eigenvalue weighted by molar-refractivity contribution is 6.99. The number of hydrogen-bond acceptors (Lipinski definition) is 3. The predicted molar refractivity (Wildman–Crippen MR) is 126 cm³/mol. The zero-order chi connectivity index (χ0) is 21.1. The van der Waals surface area contributed by atoms with Crippen molar-refractivity contribution in [3.05, 3.63) is 101 Å². The molecular formula is C25H32N2S. The lowest BCUT2D eigenvalue weighted by Gasteiger charge is -2.12. The van der Waals surface area contributed by atoms with E-state index in [1.807, 2.05) is 25.3 Å². The molecule has 0 saturated heterocycles. The summed E-state index contributed by atoms with van der Waals surface area (Å²) in [7, 11) is 0. The quantitative estimate of drug-likeness (QED) is 0.422. The lowest BCUT2D eigenvalue weighted by Crippen LogP contribution is -1.93. The van der Waals surface area contributed by atoms with Gasteiger partial charge in [0.25, 0.3) is 0 Å². The molecule has 0 atom stereocenters. The van der Waals surface area contributed by atoms with Gasteiger partial charge in [-0.3, -0.25) is 0 Å². The van der Waals surface area contributed by atoms with E-state index in [1.54, 1.807) is 0 Å². The molecule has 148 valence electrons. The molecule has 0 N–H and O–H groups in total. The SMILES string of the molecule is C=C\C(C)=C/C=C(C)/C(C)=C(C)/C(C)=C(/C=C/C=C(C)\C=C/C)c1cnsn1. The number of aromatic nitrogens is 2. The van der Waals surface area contributed by atoms with Crippen LogP contribution in [0.5, 0.6) is 0 Å². The van der Waals surface area contributed by atoms with E-state index < -0.39 is 0 Å². The molecule has 1 aromatic rings. The van der Waals surface area contributed by atoms with E-state index in [4.69, 9.17) is 0 Å². The Morgan fingerprint density at radius 2 is 1.61 bits per heavy atom. The molecule has 28 heavy (non-hydrogen) atoms. The summed E-state index contributed by atoms with van der Waals surface area (Å²) in [6.45, 7) is 18.6. The summed E-state index contributed by atoms with van der Waals surface area (Å²) in [6.07, 6.45) is 18.4. The lowest BCUT2D eigenvalue weighted by atomic mass is 9.93. The Labute approximate surface area is 175 Å². The van der Waals surface area contributed by atoms with E-state index in [0.717, 1.165) is 16.8 Å². The van der Waals surface area contributed by atoms with Crippen molar-refractivity contribution >= 4 is 17.3 Å². The number of allylic oxidation sites excluding steroid dienone is 15. The smallest absolute Gasteiger partial charge is 0.104 e. The van der Waals surface area contributed by atoms with Gasteiger partial charge in [-0.15, -0.1) is 0 Å². The van der Waals surface area contributed by atoms with Crippen LogP contribution in [-0.2, 0) is 0 Å². The van der Waals surface area contributed by atoms with Crippen LogP contribution in [0.3, 0.4) is 0 Å². The van der Waals surface area contributed by atoms with Crippen LogP contribution in [-0.4, -0.2) is 8.75 Å². The van der Waals surface area contributed by atoms with E-state index in [-0.39, 0.29) is 0 Å². The van der Waals surface area contributed by atoms with Crippen molar-refractivity contribution in [2.75, 3.05) is 0 Å². The second kappa shape index (κ2) is 12.0. The maximum absolute atomic E-state index is 4.46. The van der Waals surface area contributed by atoms with Gasteiger partial charge in [0.15, 0.2) is 0 Å². The number of rotatable bonds is 8. The van der Waals surface area contributed by atoms with Crippen LogP contribution in [0.4, 0.5) is 0 Å². The Morgan fingerprint density at radius 3 is 2.18 bits per heavy atom. The first kappa shape index (κ1) is 23.5. The van der Waals surface area contributed by atoms with Crippen LogP contribution in [0.1, 0.15) is 54.2 Å². The molecule has 0 aromatic carbocycles. The van der Waals surface area contributed by atoms with Crippen molar-refractivity contribution in [1.29, 1.82) is 0 Å². The third-order valence-corrected chi connectivity index (χ3v) is 5.21. The standard InChI is InChI=1S/C25H32N2S/c1-9-12-19(4)13-11-14-24(25-17-26-28-27-25)23(8)22(7)21(6)20(5)16-15-18(3)10-2/h9-17H,2H2,1,3-8H3/b12-9-,14-11+,18-15-,19-13-,20-16+,22-21+,24-23-. The molecule has 0 aliphatic heterocycles. The van der Waals surface area contributed by atoms with Crippen LogP contribution >= 0.6 is 11.7 Å². The molecular weight excluding hydrogens is 360 g/mol. The van der Waals surface area contributed by atoms with Gasteiger partial charge in [0.1, 0.15) is 5.69 Å². The first-order valence-electron chi connectivity index (χ1n) is 9.44. The molecule has 0 saturated carbocycles. The van der Waals surface area contributed by atoms with Gasteiger partial charge in [-0.2, -0.15) is 8.75 Å². The third kappa shape index (κ3) is 7.24. The van der Waals surface area contributed by atoms with Gasteiger partial charge in [0.2, 0.25) is 0 Å². The van der Waals surface area contributed by atoms with Gasteiger partial charge in [0.05, 0.1) is 17.9 Å². The fourth-order valence-corrected chi connectivity index (χ4v) is 2.96. The minimum atomic E-state index is 0.909. The summed E-state index contributed by atoms with van der Waals surface area (Å²) in [5.41, 5.74) is 9.32. The number of hydrogen-bond donors (Lipinski definition) is 0. The normalized spacial score (nSPS) is 15.9. The van der Waals surface area contributed by atoms with Gasteiger partial charge in [-0.1, -0.05) is 66.3 Å². The van der Waals surface area contributed by atoms with Crippen molar-refractivity contribution in [2.45, 2.75) is 48.5 Å². The summed E-state index contributed by atoms with van der Waals surface area (Å²) in [5, 5.41) is 0. The Balaban J connectivity index is 3.41. The summed E-state index contributed by atoms with van der Waals surface area (Å²) < 4.78 is 8.64. The highest BCUT2D eigenvalue weighted by Gasteiger charge is 2.10. The van der Waals surface area contributed by atoms with Crippen molar-refractivity contribution in [2.24, 2.45) is 0 Å². The van der Waals surface area contributed by atoms with Crippen molar-refractivity contribution in [1.82, 2.24) is 8.75 Å². The monoisotopic (exact) mass is 392 g/mol. The third-order valence-electron chi connectivity index (χ3n) is 4.73. The van der Waals surface area contributed by atoms with Gasteiger partial charge in [-0.05, 0) is 70.8 Å². The second-order valence-electron chi connectivity index (χ2n) is 6.82. The van der Waals surface area contributed by atoms with E-state index in [2.05, 4.69) is 93.3 Å². The van der Waals surface area contributed by atoms with Gasteiger partial charge < -0.3 is 0 Å². The molecule has 0 unspecified atom stereocenters. The van der Waals surface area contributed by atoms with Gasteiger partial charge >= 0.3 is 0 Å². The minimum Gasteiger partial charge on any atom is -0.181 e. The number of nitrogens with zero attached hydrogens (tertiary/aromatic N) is 2. The predicted octanol–water partition coefficient (Wildman–Crippen LogP) is 7.81. The molecule has 3 heteroatoms. The van der Waals surface area contributed by atoms with Crippen molar-refractivity contribution < 1.29 is 0 Å². The fraction of sp³-hybridized carbons (Fsp3) is 0.280. The molecule has 0 amide bonds. The Bertz CT molecular complexity index is 883. The Kier molecular flexibility index (Phi) is 10.1. The first-order chi connectivity index (χ1) is 13.3. The van der Waals surface area contributed by atoms with E-state index in [9.17, 15) is 0 Å². The largest absolute Gasteiger partial charge is 0.181 e. The molecule has 0 aliphatic rings. The second-order valence-corrected chi connectivity index (χ2v) is 7.37. The molecule has 2 nitrogen and oxygen atoms in total. The van der Waals surface area contributed by atoms with Gasteiger partial charge in [-0.25, -0.2) is 0 Å². The molecule has 1 aromatic heterocycles. The van der Waals surface area contributed by atoms with E-state index in [0.29, 0.717) is 0 Å². The fourth-order valence-electron chi connectivity index (χ4n) is 2.53. The molecule has 1 rings (SSSR count). The average Bonchev–Trinajstić information content (AvgIpc) is 3.22. The van der Waals surface area contributed by atoms with E-state index in [1.165, 1.54) is 39.6 Å². The molecule has 0 fully saturated rings. The Morgan fingerprint density at radius 1 is 0.893 bits per heavy atom. The van der Waals surface area contributed by atoms with Gasteiger partial charge in [0, 0.05) is 5.57 Å². The van der Waals surface area contributed by atoms with Crippen LogP contribution in [0.25, 0.3) is 5.57 Å². The maximum Gasteiger partial charge on any atom is 0.104 e. The zero-order valence-electron chi connectivity index (χ0n) is 18.2. The maximum atomic E-state index is 4.46. The lowest BCUT2D eigenvalue weighted by molar-refractivity contribution is 1.22. The van der Waals surface area contributed by atoms with Crippen molar-refractivity contribution in [3.8, 4) is 0 Å². The Hall–Kier alpha value is -2.52. The first-order valence-corrected chi connectivity index (χ1v) is 10.2. The van der Waals surface area contributed by atoms with Crippen molar-refractivity contribution in [3.63, 3.8) is 0 Å².